The summed E-state index contributed by atoms with van der Waals surface area (Å²) in [6.07, 6.45) is 1.85. The number of allylic oxidation sites excluding steroid dienone is 1. The topological polar surface area (TPSA) is 99.0 Å². The van der Waals surface area contributed by atoms with Crippen LogP contribution in [0.15, 0.2) is 52.7 Å². The molecule has 1 aliphatic rings. The van der Waals surface area contributed by atoms with Gasteiger partial charge in [-0.25, -0.2) is 4.79 Å². The summed E-state index contributed by atoms with van der Waals surface area (Å²) in [6, 6.07) is 12.4. The summed E-state index contributed by atoms with van der Waals surface area (Å²) in [5.41, 5.74) is 3.14. The molecule has 184 valence electrons. The van der Waals surface area contributed by atoms with E-state index in [1.807, 2.05) is 37.3 Å². The van der Waals surface area contributed by atoms with E-state index in [4.69, 9.17) is 23.7 Å². The van der Waals surface area contributed by atoms with E-state index in [9.17, 15) is 4.79 Å². The molecule has 0 saturated heterocycles. The molecule has 35 heavy (non-hydrogen) atoms. The van der Waals surface area contributed by atoms with Crippen LogP contribution in [0, 0.1) is 0 Å². The number of benzene rings is 2. The molecule has 1 aromatic heterocycles. The zero-order chi connectivity index (χ0) is 24.9. The molecular weight excluding hydrogens is 448 g/mol. The Morgan fingerprint density at radius 3 is 2.43 bits per heavy atom. The minimum atomic E-state index is -0.454. The van der Waals surface area contributed by atoms with E-state index in [-0.39, 0.29) is 6.03 Å². The van der Waals surface area contributed by atoms with Gasteiger partial charge in [0.1, 0.15) is 5.75 Å². The highest BCUT2D eigenvalue weighted by Crippen LogP contribution is 2.38. The van der Waals surface area contributed by atoms with Crippen LogP contribution < -0.4 is 19.5 Å². The number of carbonyl (C=O) groups is 1. The van der Waals surface area contributed by atoms with Crippen molar-refractivity contribution in [2.24, 2.45) is 0 Å². The number of amides is 2. The Labute approximate surface area is 204 Å². The molecule has 0 radical (unpaired) electrons. The molecule has 9 heteroatoms. The van der Waals surface area contributed by atoms with Crippen molar-refractivity contribution < 1.29 is 23.5 Å². The summed E-state index contributed by atoms with van der Waals surface area (Å²) in [7, 11) is 4.78. The number of methoxy groups -OCH3 is 3. The molecule has 0 saturated carbocycles. The average Bonchev–Trinajstić information content (AvgIpc) is 3.37. The number of aromatic nitrogens is 2. The summed E-state index contributed by atoms with van der Waals surface area (Å²) < 4.78 is 21.8. The van der Waals surface area contributed by atoms with Gasteiger partial charge in [-0.15, -0.1) is 0 Å². The highest BCUT2D eigenvalue weighted by molar-refractivity contribution is 5.87. The molecule has 0 bridgehead atoms. The Bertz CT molecular complexity index is 1220. The van der Waals surface area contributed by atoms with Crippen molar-refractivity contribution in [2.45, 2.75) is 32.7 Å². The van der Waals surface area contributed by atoms with Crippen LogP contribution in [-0.2, 0) is 0 Å². The van der Waals surface area contributed by atoms with Gasteiger partial charge < -0.3 is 24.1 Å². The lowest BCUT2D eigenvalue weighted by Crippen LogP contribution is -2.46. The standard InChI is InChI=1S/C26H30N4O5/c1-6-7-14-30-16(2)22(23(27-26(30)31)17-8-11-19(32-3)12-9-17)25-28-24(29-35-25)18-10-13-20(33-4)21(15-18)34-5/h8-13,15,23H,6-7,14H2,1-5H3,(H,27,31). The van der Waals surface area contributed by atoms with Gasteiger partial charge in [-0.2, -0.15) is 4.98 Å². The molecule has 4 rings (SSSR count). The maximum Gasteiger partial charge on any atom is 0.322 e. The fourth-order valence-electron chi connectivity index (χ4n) is 4.12. The number of ether oxygens (including phenoxy) is 3. The minimum absolute atomic E-state index is 0.153. The first kappa shape index (κ1) is 24.1. The quantitative estimate of drug-likeness (QED) is 0.459. The number of carbonyl (C=O) groups excluding carboxylic acids is 1. The monoisotopic (exact) mass is 478 g/mol. The highest BCUT2D eigenvalue weighted by atomic mass is 16.5. The lowest BCUT2D eigenvalue weighted by molar-refractivity contribution is 0.204. The smallest absolute Gasteiger partial charge is 0.322 e. The molecule has 0 aliphatic carbocycles. The zero-order valence-electron chi connectivity index (χ0n) is 20.6. The predicted octanol–water partition coefficient (Wildman–Crippen LogP) is 5.06. The normalized spacial score (nSPS) is 15.7. The van der Waals surface area contributed by atoms with Crippen molar-refractivity contribution in [1.82, 2.24) is 20.4 Å². The van der Waals surface area contributed by atoms with E-state index >= 15 is 0 Å². The Morgan fingerprint density at radius 2 is 1.77 bits per heavy atom. The van der Waals surface area contributed by atoms with E-state index in [0.717, 1.165) is 41.0 Å². The molecule has 2 amide bonds. The molecule has 1 N–H and O–H groups in total. The molecule has 0 spiro atoms. The fourth-order valence-corrected chi connectivity index (χ4v) is 4.12. The number of nitrogens with zero attached hydrogens (tertiary/aromatic N) is 3. The van der Waals surface area contributed by atoms with Crippen LogP contribution in [-0.4, -0.2) is 48.9 Å². The maximum atomic E-state index is 13.0. The molecule has 2 aromatic carbocycles. The van der Waals surface area contributed by atoms with Crippen LogP contribution in [0.2, 0.25) is 0 Å². The minimum Gasteiger partial charge on any atom is -0.497 e. The maximum absolute atomic E-state index is 13.0. The van der Waals surface area contributed by atoms with Crippen LogP contribution in [0.3, 0.4) is 0 Å². The lowest BCUT2D eigenvalue weighted by Gasteiger charge is -2.35. The number of nitrogens with one attached hydrogen (secondary N) is 1. The Morgan fingerprint density at radius 1 is 1.03 bits per heavy atom. The van der Waals surface area contributed by atoms with Gasteiger partial charge >= 0.3 is 6.03 Å². The SMILES string of the molecule is CCCCN1C(=O)NC(c2ccc(OC)cc2)C(c2nc(-c3ccc(OC)c(OC)c3)no2)=C1C. The molecule has 1 unspecified atom stereocenters. The van der Waals surface area contributed by atoms with Crippen molar-refractivity contribution in [3.05, 3.63) is 59.6 Å². The summed E-state index contributed by atoms with van der Waals surface area (Å²) in [5.74, 6) is 2.66. The van der Waals surface area contributed by atoms with Gasteiger partial charge in [0.25, 0.3) is 5.89 Å². The van der Waals surface area contributed by atoms with Crippen molar-refractivity contribution >= 4 is 11.6 Å². The number of hydrogen-bond donors (Lipinski definition) is 1. The van der Waals surface area contributed by atoms with Gasteiger partial charge in [0, 0.05) is 17.8 Å². The molecule has 1 atom stereocenters. The van der Waals surface area contributed by atoms with Crippen LogP contribution >= 0.6 is 0 Å². The summed E-state index contributed by atoms with van der Waals surface area (Å²) >= 11 is 0. The fraction of sp³-hybridized carbons (Fsp3) is 0.346. The molecule has 3 aromatic rings. The zero-order valence-corrected chi connectivity index (χ0v) is 20.6. The highest BCUT2D eigenvalue weighted by Gasteiger charge is 2.35. The van der Waals surface area contributed by atoms with Crippen molar-refractivity contribution in [3.8, 4) is 28.6 Å². The van der Waals surface area contributed by atoms with E-state index in [1.165, 1.54) is 0 Å². The van der Waals surface area contributed by atoms with Gasteiger partial charge in [-0.1, -0.05) is 30.6 Å². The van der Waals surface area contributed by atoms with Gasteiger partial charge in [0.05, 0.1) is 32.9 Å². The van der Waals surface area contributed by atoms with Crippen LogP contribution in [0.5, 0.6) is 17.2 Å². The summed E-state index contributed by atoms with van der Waals surface area (Å²) in [6.45, 7) is 4.61. The molecular formula is C26H30N4O5. The Kier molecular flexibility index (Phi) is 7.24. The van der Waals surface area contributed by atoms with Gasteiger partial charge in [0.2, 0.25) is 5.82 Å². The van der Waals surface area contributed by atoms with E-state index in [0.29, 0.717) is 29.8 Å². The number of unbranched alkanes of at least 4 members (excludes halogenated alkanes) is 1. The first-order valence-electron chi connectivity index (χ1n) is 11.5. The second-order valence-electron chi connectivity index (χ2n) is 8.15. The van der Waals surface area contributed by atoms with E-state index in [2.05, 4.69) is 17.4 Å². The third kappa shape index (κ3) is 4.80. The summed E-state index contributed by atoms with van der Waals surface area (Å²) in [5, 5.41) is 7.34. The van der Waals surface area contributed by atoms with Gasteiger partial charge in [-0.3, -0.25) is 4.90 Å². The third-order valence-corrected chi connectivity index (χ3v) is 6.08. The number of hydrogen-bond acceptors (Lipinski definition) is 7. The van der Waals surface area contributed by atoms with Crippen LogP contribution in [0.4, 0.5) is 4.79 Å². The van der Waals surface area contributed by atoms with Crippen molar-refractivity contribution in [2.75, 3.05) is 27.9 Å². The van der Waals surface area contributed by atoms with Crippen molar-refractivity contribution in [3.63, 3.8) is 0 Å². The lowest BCUT2D eigenvalue weighted by atomic mass is 9.94. The van der Waals surface area contributed by atoms with Gasteiger partial charge in [-0.05, 0) is 49.2 Å². The second-order valence-corrected chi connectivity index (χ2v) is 8.15. The Balaban J connectivity index is 1.77. The van der Waals surface area contributed by atoms with Gasteiger partial charge in [0.15, 0.2) is 11.5 Å². The molecule has 2 heterocycles. The first-order chi connectivity index (χ1) is 17.0. The average molecular weight is 479 g/mol. The van der Waals surface area contributed by atoms with E-state index < -0.39 is 6.04 Å². The third-order valence-electron chi connectivity index (χ3n) is 6.08. The van der Waals surface area contributed by atoms with Crippen LogP contribution in [0.1, 0.15) is 44.2 Å². The first-order valence-corrected chi connectivity index (χ1v) is 11.5. The van der Waals surface area contributed by atoms with Crippen molar-refractivity contribution in [1.29, 1.82) is 0 Å². The summed E-state index contributed by atoms with van der Waals surface area (Å²) in [4.78, 5) is 19.5. The molecule has 1 aliphatic heterocycles. The predicted molar refractivity (Wildman–Crippen MR) is 131 cm³/mol. The molecule has 0 fully saturated rings. The Hall–Kier alpha value is -4.01. The van der Waals surface area contributed by atoms with Crippen LogP contribution in [0.25, 0.3) is 17.0 Å². The number of rotatable bonds is 9. The molecule has 9 nitrogen and oxygen atoms in total. The number of urea groups is 1. The largest absolute Gasteiger partial charge is 0.497 e. The van der Waals surface area contributed by atoms with E-state index in [1.54, 1.807) is 38.4 Å². The second kappa shape index (κ2) is 10.5.